The van der Waals surface area contributed by atoms with E-state index < -0.39 is 5.41 Å². The number of hydrogen-bond acceptors (Lipinski definition) is 3. The van der Waals surface area contributed by atoms with Crippen molar-refractivity contribution >= 4 is 23.5 Å². The second-order valence-electron chi connectivity index (χ2n) is 9.63. The molecule has 34 heavy (non-hydrogen) atoms. The maximum atomic E-state index is 13.2. The van der Waals surface area contributed by atoms with Crippen molar-refractivity contribution in [2.45, 2.75) is 64.8 Å². The quantitative estimate of drug-likeness (QED) is 0.274. The molecule has 0 saturated carbocycles. The lowest BCUT2D eigenvalue weighted by molar-refractivity contribution is -0.151. The SMILES string of the molecule is C=C=C(SCCC(c1ccccc1)c1ccccc1)[C@@H]1CCCCN1C(=O)C(=O)C(C)(C)CC. The molecule has 0 radical (unpaired) electrons. The number of benzene rings is 2. The van der Waals surface area contributed by atoms with Gasteiger partial charge in [-0.15, -0.1) is 17.5 Å². The van der Waals surface area contributed by atoms with Crippen molar-refractivity contribution in [2.75, 3.05) is 12.3 Å². The molecule has 0 aromatic heterocycles. The van der Waals surface area contributed by atoms with Gasteiger partial charge in [0.1, 0.15) is 0 Å². The number of likely N-dealkylation sites (tertiary alicyclic amines) is 1. The van der Waals surface area contributed by atoms with Gasteiger partial charge in [0.05, 0.1) is 6.04 Å². The molecule has 1 amide bonds. The highest BCUT2D eigenvalue weighted by Crippen LogP contribution is 2.35. The molecule has 0 spiro atoms. The summed E-state index contributed by atoms with van der Waals surface area (Å²) in [5.74, 6) is 0.552. The van der Waals surface area contributed by atoms with Crippen LogP contribution in [0, 0.1) is 5.41 Å². The number of thioether (sulfide) groups is 1. The zero-order valence-corrected chi connectivity index (χ0v) is 21.6. The third-order valence-corrected chi connectivity index (χ3v) is 8.17. The molecular formula is C30H37NO2S. The first kappa shape index (κ1) is 26.1. The fourth-order valence-corrected chi connectivity index (χ4v) is 5.59. The minimum Gasteiger partial charge on any atom is -0.328 e. The van der Waals surface area contributed by atoms with Crippen LogP contribution in [0.15, 0.2) is 77.9 Å². The number of nitrogens with zero attached hydrogens (tertiary/aromatic N) is 1. The molecule has 4 heteroatoms. The molecule has 1 aliphatic heterocycles. The molecule has 2 aromatic carbocycles. The molecule has 3 nitrogen and oxygen atoms in total. The number of amides is 1. The van der Waals surface area contributed by atoms with Crippen LogP contribution in [0.1, 0.15) is 69.9 Å². The summed E-state index contributed by atoms with van der Waals surface area (Å²) in [5, 5.41) is 0. The molecule has 0 unspecified atom stereocenters. The third-order valence-electron chi connectivity index (χ3n) is 7.00. The lowest BCUT2D eigenvalue weighted by Gasteiger charge is -2.37. The maximum absolute atomic E-state index is 13.2. The summed E-state index contributed by atoms with van der Waals surface area (Å²) < 4.78 is 0. The molecular weight excluding hydrogens is 438 g/mol. The summed E-state index contributed by atoms with van der Waals surface area (Å²) in [6, 6.07) is 21.1. The Morgan fingerprint density at radius 2 is 1.65 bits per heavy atom. The van der Waals surface area contributed by atoms with Gasteiger partial charge in [-0.2, -0.15) is 0 Å². The normalized spacial score (nSPS) is 16.2. The van der Waals surface area contributed by atoms with Crippen molar-refractivity contribution in [3.63, 3.8) is 0 Å². The van der Waals surface area contributed by atoms with Crippen LogP contribution in [0.4, 0.5) is 0 Å². The van der Waals surface area contributed by atoms with Gasteiger partial charge in [0.25, 0.3) is 5.91 Å². The van der Waals surface area contributed by atoms with Gasteiger partial charge < -0.3 is 4.90 Å². The first-order valence-electron chi connectivity index (χ1n) is 12.4. The van der Waals surface area contributed by atoms with Crippen molar-refractivity contribution in [1.82, 2.24) is 4.90 Å². The second kappa shape index (κ2) is 12.2. The Kier molecular flexibility index (Phi) is 9.38. The minimum atomic E-state index is -0.636. The molecule has 1 aliphatic rings. The number of piperidine rings is 1. The van der Waals surface area contributed by atoms with Crippen LogP contribution in [0.5, 0.6) is 0 Å². The minimum absolute atomic E-state index is 0.104. The van der Waals surface area contributed by atoms with Gasteiger partial charge in [-0.25, -0.2) is 0 Å². The van der Waals surface area contributed by atoms with Crippen LogP contribution in [0.2, 0.25) is 0 Å². The van der Waals surface area contributed by atoms with E-state index in [1.165, 1.54) is 11.1 Å². The maximum Gasteiger partial charge on any atom is 0.291 e. The van der Waals surface area contributed by atoms with Crippen molar-refractivity contribution in [3.05, 3.63) is 89.0 Å². The van der Waals surface area contributed by atoms with Gasteiger partial charge in [0.15, 0.2) is 0 Å². The first-order chi connectivity index (χ1) is 16.4. The van der Waals surface area contributed by atoms with Crippen molar-refractivity contribution in [1.29, 1.82) is 0 Å². The molecule has 0 N–H and O–H groups in total. The average molecular weight is 476 g/mol. The Morgan fingerprint density at radius 1 is 1.06 bits per heavy atom. The van der Waals surface area contributed by atoms with Gasteiger partial charge in [-0.05, 0) is 49.0 Å². The fourth-order valence-electron chi connectivity index (χ4n) is 4.48. The molecule has 0 bridgehead atoms. The Balaban J connectivity index is 1.72. The van der Waals surface area contributed by atoms with Crippen LogP contribution in [-0.4, -0.2) is 34.9 Å². The number of hydrogen-bond donors (Lipinski definition) is 0. The first-order valence-corrected chi connectivity index (χ1v) is 13.4. The number of rotatable bonds is 10. The van der Waals surface area contributed by atoms with Crippen molar-refractivity contribution < 1.29 is 9.59 Å². The van der Waals surface area contributed by atoms with Crippen LogP contribution in [0.3, 0.4) is 0 Å². The number of carbonyl (C=O) groups is 2. The van der Waals surface area contributed by atoms with Crippen molar-refractivity contribution in [3.8, 4) is 0 Å². The van der Waals surface area contributed by atoms with Crippen LogP contribution < -0.4 is 0 Å². The summed E-state index contributed by atoms with van der Waals surface area (Å²) in [5.41, 5.74) is 5.10. The zero-order chi connectivity index (χ0) is 24.6. The highest BCUT2D eigenvalue weighted by molar-refractivity contribution is 8.03. The predicted molar refractivity (Wildman–Crippen MR) is 143 cm³/mol. The van der Waals surface area contributed by atoms with E-state index in [4.69, 9.17) is 0 Å². The Labute approximate surface area is 209 Å². The fraction of sp³-hybridized carbons (Fsp3) is 0.433. The summed E-state index contributed by atoms with van der Waals surface area (Å²) in [6.45, 7) is 10.2. The van der Waals surface area contributed by atoms with Gasteiger partial charge in [0.2, 0.25) is 5.78 Å². The van der Waals surface area contributed by atoms with Gasteiger partial charge in [-0.1, -0.05) is 88.0 Å². The van der Waals surface area contributed by atoms with Gasteiger partial charge in [0, 0.05) is 22.8 Å². The molecule has 3 rings (SSSR count). The van der Waals surface area contributed by atoms with E-state index in [1.54, 1.807) is 16.7 Å². The molecule has 1 fully saturated rings. The second-order valence-corrected chi connectivity index (χ2v) is 10.8. The molecule has 1 saturated heterocycles. The predicted octanol–water partition coefficient (Wildman–Crippen LogP) is 7.00. The number of ketones is 1. The average Bonchev–Trinajstić information content (AvgIpc) is 2.89. The van der Waals surface area contributed by atoms with E-state index in [0.717, 1.165) is 36.3 Å². The van der Waals surface area contributed by atoms with E-state index in [2.05, 4.69) is 73.0 Å². The monoisotopic (exact) mass is 475 g/mol. The molecule has 0 aliphatic carbocycles. The summed E-state index contributed by atoms with van der Waals surface area (Å²) >= 11 is 1.73. The number of carbonyl (C=O) groups excluding carboxylic acids is 2. The van der Waals surface area contributed by atoms with E-state index >= 15 is 0 Å². The Morgan fingerprint density at radius 3 is 2.18 bits per heavy atom. The van der Waals surface area contributed by atoms with E-state index in [1.807, 2.05) is 20.8 Å². The van der Waals surface area contributed by atoms with Crippen molar-refractivity contribution in [2.24, 2.45) is 5.41 Å². The zero-order valence-electron chi connectivity index (χ0n) is 20.8. The molecule has 2 aromatic rings. The topological polar surface area (TPSA) is 37.4 Å². The largest absolute Gasteiger partial charge is 0.328 e. The summed E-state index contributed by atoms with van der Waals surface area (Å²) in [7, 11) is 0. The van der Waals surface area contributed by atoms with E-state index in [-0.39, 0.29) is 17.7 Å². The number of Topliss-reactive ketones (excluding diaryl/α,β-unsaturated/α-hetero) is 1. The lowest BCUT2D eigenvalue weighted by Crippen LogP contribution is -2.50. The third kappa shape index (κ3) is 6.31. The van der Waals surface area contributed by atoms with E-state index in [9.17, 15) is 9.59 Å². The Hall–Kier alpha value is -2.55. The van der Waals surface area contributed by atoms with Crippen LogP contribution in [0.25, 0.3) is 0 Å². The summed E-state index contributed by atoms with van der Waals surface area (Å²) in [6.07, 6.45) is 4.45. The highest BCUT2D eigenvalue weighted by Gasteiger charge is 2.38. The van der Waals surface area contributed by atoms with Crippen LogP contribution >= 0.6 is 11.8 Å². The molecule has 1 heterocycles. The van der Waals surface area contributed by atoms with Gasteiger partial charge >= 0.3 is 0 Å². The summed E-state index contributed by atoms with van der Waals surface area (Å²) in [4.78, 5) is 28.9. The van der Waals surface area contributed by atoms with Gasteiger partial charge in [-0.3, -0.25) is 9.59 Å². The Bertz CT molecular complexity index is 969. The lowest BCUT2D eigenvalue weighted by atomic mass is 9.84. The standard InChI is InChI=1S/C30H37NO2S/c1-5-27(26-19-13-14-21-31(26)29(33)28(32)30(3,4)6-2)34-22-20-25(23-15-9-7-10-16-23)24-17-11-8-12-18-24/h7-12,15-18,25-26H,1,6,13-14,19-22H2,2-4H3/t26-/m0/s1. The smallest absolute Gasteiger partial charge is 0.291 e. The molecule has 180 valence electrons. The highest BCUT2D eigenvalue weighted by atomic mass is 32.2. The molecule has 1 atom stereocenters. The van der Waals surface area contributed by atoms with Crippen LogP contribution in [-0.2, 0) is 9.59 Å². The van der Waals surface area contributed by atoms with E-state index in [0.29, 0.717) is 18.9 Å².